The van der Waals surface area contributed by atoms with Crippen LogP contribution in [0.5, 0.6) is 0 Å². The number of hydrogen-bond donors (Lipinski definition) is 2. The van der Waals surface area contributed by atoms with Crippen LogP contribution in [0.25, 0.3) is 0 Å². The van der Waals surface area contributed by atoms with E-state index < -0.39 is 0 Å². The predicted octanol–water partition coefficient (Wildman–Crippen LogP) is 2.73. The molecule has 1 saturated carbocycles. The third kappa shape index (κ3) is 3.79. The first kappa shape index (κ1) is 15.9. The maximum Gasteiger partial charge on any atom is 0.0947 e. The summed E-state index contributed by atoms with van der Waals surface area (Å²) in [6, 6.07) is 0.146. The van der Waals surface area contributed by atoms with Crippen molar-refractivity contribution in [3.63, 3.8) is 0 Å². The fraction of sp³-hybridized carbons (Fsp3) is 0.800. The molecule has 1 fully saturated rings. The fourth-order valence-electron chi connectivity index (χ4n) is 3.23. The highest BCUT2D eigenvalue weighted by Gasteiger charge is 2.30. The molecule has 1 aliphatic carbocycles. The number of hydrazine groups is 1. The molecule has 1 aromatic heterocycles. The second kappa shape index (κ2) is 7.50. The largest absolute Gasteiger partial charge is 0.379 e. The van der Waals surface area contributed by atoms with E-state index in [1.165, 1.54) is 37.0 Å². The lowest BCUT2D eigenvalue weighted by Crippen LogP contribution is -2.49. The quantitative estimate of drug-likeness (QED) is 0.626. The normalized spacial score (nSPS) is 20.0. The first-order valence-electron chi connectivity index (χ1n) is 7.57. The van der Waals surface area contributed by atoms with Crippen molar-refractivity contribution >= 4 is 11.3 Å². The first-order valence-corrected chi connectivity index (χ1v) is 8.39. The van der Waals surface area contributed by atoms with E-state index in [1.807, 2.05) is 7.11 Å². The number of aryl methyl sites for hydroxylation is 2. The second-order valence-corrected chi connectivity index (χ2v) is 7.11. The van der Waals surface area contributed by atoms with Gasteiger partial charge in [-0.15, -0.1) is 11.3 Å². The molecule has 0 radical (unpaired) electrons. The lowest BCUT2D eigenvalue weighted by atomic mass is 9.82. The molecular formula is C15H27N3OS. The highest BCUT2D eigenvalue weighted by Crippen LogP contribution is 2.30. The molecule has 2 atom stereocenters. The molecule has 4 nitrogen and oxygen atoms in total. The maximum absolute atomic E-state index is 5.80. The van der Waals surface area contributed by atoms with Crippen molar-refractivity contribution in [2.45, 2.75) is 64.5 Å². The van der Waals surface area contributed by atoms with Crippen molar-refractivity contribution in [1.82, 2.24) is 10.4 Å². The summed E-state index contributed by atoms with van der Waals surface area (Å²) in [4.78, 5) is 5.92. The summed E-state index contributed by atoms with van der Waals surface area (Å²) >= 11 is 1.77. The minimum Gasteiger partial charge on any atom is -0.379 e. The molecule has 0 bridgehead atoms. The summed E-state index contributed by atoms with van der Waals surface area (Å²) in [5.41, 5.74) is 4.10. The molecule has 20 heavy (non-hydrogen) atoms. The minimum absolute atomic E-state index is 0.146. The Bertz CT molecular complexity index is 396. The number of hydrogen-bond acceptors (Lipinski definition) is 5. The zero-order valence-corrected chi connectivity index (χ0v) is 13.6. The highest BCUT2D eigenvalue weighted by molar-refractivity contribution is 7.11. The number of thiazole rings is 1. The summed E-state index contributed by atoms with van der Waals surface area (Å²) in [5, 5.41) is 1.15. The number of nitrogens with two attached hydrogens (primary N) is 1. The first-order chi connectivity index (χ1) is 9.65. The molecule has 0 amide bonds. The van der Waals surface area contributed by atoms with Crippen LogP contribution >= 0.6 is 11.3 Å². The van der Waals surface area contributed by atoms with Crippen LogP contribution in [0, 0.1) is 19.8 Å². The molecule has 0 aromatic carbocycles. The summed E-state index contributed by atoms with van der Waals surface area (Å²) in [7, 11) is 1.81. The van der Waals surface area contributed by atoms with Crippen LogP contribution in [0.2, 0.25) is 0 Å². The van der Waals surface area contributed by atoms with E-state index in [4.69, 9.17) is 10.6 Å². The van der Waals surface area contributed by atoms with Crippen molar-refractivity contribution in [3.05, 3.63) is 15.6 Å². The number of methoxy groups -OCH3 is 1. The Balaban J connectivity index is 2.04. The van der Waals surface area contributed by atoms with Crippen LogP contribution in [-0.2, 0) is 11.2 Å². The Morgan fingerprint density at radius 2 is 2.05 bits per heavy atom. The van der Waals surface area contributed by atoms with Gasteiger partial charge in [-0.2, -0.15) is 0 Å². The van der Waals surface area contributed by atoms with Gasteiger partial charge >= 0.3 is 0 Å². The van der Waals surface area contributed by atoms with Gasteiger partial charge in [0.05, 0.1) is 22.8 Å². The smallest absolute Gasteiger partial charge is 0.0947 e. The van der Waals surface area contributed by atoms with Crippen LogP contribution in [0.3, 0.4) is 0 Å². The van der Waals surface area contributed by atoms with Gasteiger partial charge in [0.25, 0.3) is 0 Å². The van der Waals surface area contributed by atoms with Gasteiger partial charge in [-0.25, -0.2) is 4.98 Å². The summed E-state index contributed by atoms with van der Waals surface area (Å²) in [5.74, 6) is 6.42. The molecule has 0 spiro atoms. The molecule has 2 rings (SSSR count). The van der Waals surface area contributed by atoms with Crippen molar-refractivity contribution in [3.8, 4) is 0 Å². The van der Waals surface area contributed by atoms with Crippen LogP contribution in [0.15, 0.2) is 0 Å². The zero-order valence-electron chi connectivity index (χ0n) is 12.8. The van der Waals surface area contributed by atoms with E-state index in [0.717, 1.165) is 17.1 Å². The molecule has 3 N–H and O–H groups in total. The van der Waals surface area contributed by atoms with E-state index in [-0.39, 0.29) is 12.1 Å². The van der Waals surface area contributed by atoms with Crippen LogP contribution in [0.1, 0.15) is 47.7 Å². The summed E-state index contributed by atoms with van der Waals surface area (Å²) in [6.45, 7) is 4.19. The lowest BCUT2D eigenvalue weighted by Gasteiger charge is -2.34. The zero-order chi connectivity index (χ0) is 14.5. The number of ether oxygens (including phenoxy) is 1. The van der Waals surface area contributed by atoms with E-state index in [0.29, 0.717) is 5.92 Å². The van der Waals surface area contributed by atoms with E-state index in [9.17, 15) is 0 Å². The molecule has 0 aliphatic heterocycles. The molecule has 1 aromatic rings. The number of aromatic nitrogens is 1. The SMILES string of the molecule is COC(C1CCCCC1)C(Cc1nc(C)c(C)s1)NN. The standard InChI is InChI=1S/C15H27N3OS/c1-10-11(2)20-14(17-10)9-13(18-16)15(19-3)12-7-5-4-6-8-12/h12-13,15,18H,4-9,16H2,1-3H3. The molecule has 1 aliphatic rings. The third-order valence-electron chi connectivity index (χ3n) is 4.46. The van der Waals surface area contributed by atoms with E-state index in [2.05, 4.69) is 24.3 Å². The Morgan fingerprint density at radius 3 is 2.55 bits per heavy atom. The van der Waals surface area contributed by atoms with Gasteiger partial charge in [0.1, 0.15) is 0 Å². The van der Waals surface area contributed by atoms with Crippen molar-refractivity contribution < 1.29 is 4.74 Å². The number of rotatable bonds is 6. The average molecular weight is 297 g/mol. The second-order valence-electron chi connectivity index (χ2n) is 5.82. The average Bonchev–Trinajstić information content (AvgIpc) is 2.78. The third-order valence-corrected chi connectivity index (χ3v) is 5.56. The molecule has 114 valence electrons. The molecule has 0 saturated heterocycles. The minimum atomic E-state index is 0.146. The number of nitrogens with zero attached hydrogens (tertiary/aromatic N) is 1. The lowest BCUT2D eigenvalue weighted by molar-refractivity contribution is 0.00826. The van der Waals surface area contributed by atoms with Crippen LogP contribution < -0.4 is 11.3 Å². The van der Waals surface area contributed by atoms with Gasteiger partial charge < -0.3 is 4.74 Å². The Kier molecular flexibility index (Phi) is 5.96. The maximum atomic E-state index is 5.80. The topological polar surface area (TPSA) is 60.2 Å². The Morgan fingerprint density at radius 1 is 1.35 bits per heavy atom. The van der Waals surface area contributed by atoms with Crippen LogP contribution in [0.4, 0.5) is 0 Å². The van der Waals surface area contributed by atoms with Crippen molar-refractivity contribution in [1.29, 1.82) is 0 Å². The monoisotopic (exact) mass is 297 g/mol. The van der Waals surface area contributed by atoms with Gasteiger partial charge in [0, 0.05) is 18.4 Å². The van der Waals surface area contributed by atoms with Crippen molar-refractivity contribution in [2.75, 3.05) is 7.11 Å². The molecule has 2 unspecified atom stereocenters. The van der Waals surface area contributed by atoms with Gasteiger partial charge in [0.2, 0.25) is 0 Å². The number of nitrogens with one attached hydrogen (secondary N) is 1. The fourth-order valence-corrected chi connectivity index (χ4v) is 4.22. The Labute approximate surface area is 126 Å². The molecule has 5 heteroatoms. The molecular weight excluding hydrogens is 270 g/mol. The van der Waals surface area contributed by atoms with Gasteiger partial charge in [-0.05, 0) is 32.6 Å². The van der Waals surface area contributed by atoms with Gasteiger partial charge in [-0.1, -0.05) is 19.3 Å². The van der Waals surface area contributed by atoms with Gasteiger partial charge in [-0.3, -0.25) is 11.3 Å². The van der Waals surface area contributed by atoms with E-state index in [1.54, 1.807) is 11.3 Å². The van der Waals surface area contributed by atoms with Crippen molar-refractivity contribution in [2.24, 2.45) is 11.8 Å². The molecule has 1 heterocycles. The van der Waals surface area contributed by atoms with E-state index >= 15 is 0 Å². The predicted molar refractivity (Wildman–Crippen MR) is 83.8 cm³/mol. The summed E-state index contributed by atoms with van der Waals surface area (Å²) in [6.07, 6.45) is 7.54. The van der Waals surface area contributed by atoms with Crippen LogP contribution in [-0.4, -0.2) is 24.2 Å². The Hall–Kier alpha value is -0.490. The highest BCUT2D eigenvalue weighted by atomic mass is 32.1. The van der Waals surface area contributed by atoms with Gasteiger partial charge in [0.15, 0.2) is 0 Å². The summed E-state index contributed by atoms with van der Waals surface area (Å²) < 4.78 is 5.79.